The van der Waals surface area contributed by atoms with Gasteiger partial charge < -0.3 is 19.1 Å². The van der Waals surface area contributed by atoms with Crippen LogP contribution in [0.5, 0.6) is 5.75 Å². The van der Waals surface area contributed by atoms with Crippen molar-refractivity contribution in [3.8, 4) is 5.75 Å². The van der Waals surface area contributed by atoms with Crippen LogP contribution in [0.25, 0.3) is 0 Å². The molecule has 0 atom stereocenters. The van der Waals surface area contributed by atoms with Gasteiger partial charge in [0.25, 0.3) is 5.91 Å². The van der Waals surface area contributed by atoms with E-state index in [0.717, 1.165) is 5.56 Å². The summed E-state index contributed by atoms with van der Waals surface area (Å²) < 4.78 is 16.0. The lowest BCUT2D eigenvalue weighted by Gasteiger charge is -2.26. The summed E-state index contributed by atoms with van der Waals surface area (Å²) in [5, 5.41) is 0. The Morgan fingerprint density at radius 3 is 2.35 bits per heavy atom. The number of hydrogen-bond donors (Lipinski definition) is 0. The largest absolute Gasteiger partial charge is 0.489 e. The molecule has 0 aliphatic carbocycles. The average Bonchev–Trinajstić information content (AvgIpc) is 2.72. The highest BCUT2D eigenvalue weighted by Gasteiger charge is 2.18. The Bertz CT molecular complexity index is 724. The molecular formula is C20H21NO5. The van der Waals surface area contributed by atoms with Gasteiger partial charge in [-0.3, -0.25) is 4.79 Å². The molecule has 1 amide bonds. The second-order valence-electron chi connectivity index (χ2n) is 5.87. The highest BCUT2D eigenvalue weighted by Crippen LogP contribution is 2.15. The van der Waals surface area contributed by atoms with Crippen molar-refractivity contribution in [1.29, 1.82) is 0 Å². The Hall–Kier alpha value is -2.86. The zero-order chi connectivity index (χ0) is 18.2. The van der Waals surface area contributed by atoms with Crippen LogP contribution in [-0.4, -0.2) is 49.7 Å². The molecule has 2 aromatic carbocycles. The van der Waals surface area contributed by atoms with Crippen molar-refractivity contribution in [3.63, 3.8) is 0 Å². The fourth-order valence-corrected chi connectivity index (χ4v) is 2.54. The maximum Gasteiger partial charge on any atom is 0.338 e. The van der Waals surface area contributed by atoms with Crippen molar-refractivity contribution < 1.29 is 23.8 Å². The summed E-state index contributed by atoms with van der Waals surface area (Å²) in [4.78, 5) is 25.7. The van der Waals surface area contributed by atoms with E-state index in [9.17, 15) is 9.59 Å². The van der Waals surface area contributed by atoms with Gasteiger partial charge in [0.15, 0.2) is 6.61 Å². The second kappa shape index (κ2) is 9.01. The number of carbonyl (C=O) groups excluding carboxylic acids is 2. The van der Waals surface area contributed by atoms with E-state index in [2.05, 4.69) is 0 Å². The number of hydrogen-bond acceptors (Lipinski definition) is 5. The van der Waals surface area contributed by atoms with Crippen LogP contribution in [0, 0.1) is 0 Å². The van der Waals surface area contributed by atoms with Gasteiger partial charge in [-0.05, 0) is 29.8 Å². The zero-order valence-electron chi connectivity index (χ0n) is 14.4. The predicted molar refractivity (Wildman–Crippen MR) is 94.9 cm³/mol. The summed E-state index contributed by atoms with van der Waals surface area (Å²) >= 11 is 0. The smallest absolute Gasteiger partial charge is 0.338 e. The molecule has 1 fully saturated rings. The zero-order valence-corrected chi connectivity index (χ0v) is 14.4. The quantitative estimate of drug-likeness (QED) is 0.744. The molecule has 0 radical (unpaired) electrons. The summed E-state index contributed by atoms with van der Waals surface area (Å²) in [7, 11) is 0. The fraction of sp³-hybridized carbons (Fsp3) is 0.300. The van der Waals surface area contributed by atoms with Gasteiger partial charge in [-0.15, -0.1) is 0 Å². The lowest BCUT2D eigenvalue weighted by Crippen LogP contribution is -2.42. The van der Waals surface area contributed by atoms with Gasteiger partial charge in [-0.1, -0.05) is 30.3 Å². The molecule has 1 aliphatic heterocycles. The SMILES string of the molecule is O=C(OCC(=O)N1CCOCC1)c1ccc(OCc2ccccc2)cc1. The molecule has 1 aliphatic rings. The highest BCUT2D eigenvalue weighted by molar-refractivity contribution is 5.91. The molecule has 26 heavy (non-hydrogen) atoms. The highest BCUT2D eigenvalue weighted by atomic mass is 16.5. The summed E-state index contributed by atoms with van der Waals surface area (Å²) in [6.07, 6.45) is 0. The number of benzene rings is 2. The first-order valence-corrected chi connectivity index (χ1v) is 8.52. The lowest BCUT2D eigenvalue weighted by molar-refractivity contribution is -0.138. The fourth-order valence-electron chi connectivity index (χ4n) is 2.54. The van der Waals surface area contributed by atoms with E-state index in [1.54, 1.807) is 29.2 Å². The number of rotatable bonds is 6. The summed E-state index contributed by atoms with van der Waals surface area (Å²) in [5.74, 6) is -0.0690. The molecule has 0 N–H and O–H groups in total. The van der Waals surface area contributed by atoms with Gasteiger partial charge in [0.05, 0.1) is 18.8 Å². The molecule has 0 saturated carbocycles. The Balaban J connectivity index is 1.46. The third-order valence-electron chi connectivity index (χ3n) is 4.03. The lowest BCUT2D eigenvalue weighted by atomic mass is 10.2. The Labute approximate surface area is 152 Å². The first-order chi connectivity index (χ1) is 12.7. The third-order valence-corrected chi connectivity index (χ3v) is 4.03. The van der Waals surface area contributed by atoms with Crippen molar-refractivity contribution in [3.05, 3.63) is 65.7 Å². The van der Waals surface area contributed by atoms with Gasteiger partial charge in [-0.2, -0.15) is 0 Å². The molecule has 0 aromatic heterocycles. The molecule has 6 heteroatoms. The first-order valence-electron chi connectivity index (χ1n) is 8.52. The Morgan fingerprint density at radius 1 is 0.962 bits per heavy atom. The van der Waals surface area contributed by atoms with Crippen LogP contribution in [0.15, 0.2) is 54.6 Å². The topological polar surface area (TPSA) is 65.1 Å². The molecule has 0 bridgehead atoms. The minimum absolute atomic E-state index is 0.204. The molecule has 0 unspecified atom stereocenters. The van der Waals surface area contributed by atoms with Crippen LogP contribution in [0.2, 0.25) is 0 Å². The van der Waals surface area contributed by atoms with Crippen LogP contribution >= 0.6 is 0 Å². The molecular weight excluding hydrogens is 334 g/mol. The van der Waals surface area contributed by atoms with E-state index in [-0.39, 0.29) is 12.5 Å². The molecule has 0 spiro atoms. The summed E-state index contributed by atoms with van der Waals surface area (Å²) in [6.45, 7) is 2.30. The van der Waals surface area contributed by atoms with Crippen molar-refractivity contribution in [2.24, 2.45) is 0 Å². The normalized spacial score (nSPS) is 13.9. The van der Waals surface area contributed by atoms with Crippen molar-refractivity contribution >= 4 is 11.9 Å². The van der Waals surface area contributed by atoms with Crippen LogP contribution in [0.3, 0.4) is 0 Å². The molecule has 1 saturated heterocycles. The van der Waals surface area contributed by atoms with E-state index in [0.29, 0.717) is 44.2 Å². The average molecular weight is 355 g/mol. The number of nitrogens with zero attached hydrogens (tertiary/aromatic N) is 1. The monoisotopic (exact) mass is 355 g/mol. The maximum atomic E-state index is 12.1. The second-order valence-corrected chi connectivity index (χ2v) is 5.87. The number of morpholine rings is 1. The van der Waals surface area contributed by atoms with Crippen LogP contribution in [-0.2, 0) is 20.9 Å². The molecule has 3 rings (SSSR count). The Kier molecular flexibility index (Phi) is 6.22. The Morgan fingerprint density at radius 2 is 1.65 bits per heavy atom. The van der Waals surface area contributed by atoms with Crippen molar-refractivity contribution in [2.45, 2.75) is 6.61 Å². The van der Waals surface area contributed by atoms with Crippen molar-refractivity contribution in [2.75, 3.05) is 32.9 Å². The van der Waals surface area contributed by atoms with Gasteiger partial charge in [0.2, 0.25) is 0 Å². The minimum Gasteiger partial charge on any atom is -0.489 e. The van der Waals surface area contributed by atoms with Gasteiger partial charge in [-0.25, -0.2) is 4.79 Å². The van der Waals surface area contributed by atoms with Gasteiger partial charge >= 0.3 is 5.97 Å². The van der Waals surface area contributed by atoms with E-state index < -0.39 is 5.97 Å². The van der Waals surface area contributed by atoms with E-state index in [1.165, 1.54) is 0 Å². The predicted octanol–water partition coefficient (Wildman–Crippen LogP) is 2.28. The van der Waals surface area contributed by atoms with E-state index in [4.69, 9.17) is 14.2 Å². The van der Waals surface area contributed by atoms with Crippen LogP contribution in [0.4, 0.5) is 0 Å². The minimum atomic E-state index is -0.527. The summed E-state index contributed by atoms with van der Waals surface area (Å²) in [5.41, 5.74) is 1.45. The number of carbonyl (C=O) groups is 2. The molecule has 1 heterocycles. The first kappa shape index (κ1) is 17.9. The molecule has 2 aromatic rings. The van der Waals surface area contributed by atoms with Crippen LogP contribution < -0.4 is 4.74 Å². The third kappa shape index (κ3) is 5.07. The van der Waals surface area contributed by atoms with Crippen molar-refractivity contribution in [1.82, 2.24) is 4.90 Å². The van der Waals surface area contributed by atoms with Crippen LogP contribution in [0.1, 0.15) is 15.9 Å². The maximum absolute atomic E-state index is 12.1. The molecule has 136 valence electrons. The van der Waals surface area contributed by atoms with Gasteiger partial charge in [0.1, 0.15) is 12.4 Å². The standard InChI is InChI=1S/C20H21NO5/c22-19(21-10-12-24-13-11-21)15-26-20(23)17-6-8-18(9-7-17)25-14-16-4-2-1-3-5-16/h1-9H,10-15H2. The van der Waals surface area contributed by atoms with E-state index >= 15 is 0 Å². The van der Waals surface area contributed by atoms with E-state index in [1.807, 2.05) is 30.3 Å². The number of ether oxygens (including phenoxy) is 3. The van der Waals surface area contributed by atoms with Gasteiger partial charge in [0, 0.05) is 13.1 Å². The number of amides is 1. The number of esters is 1. The summed E-state index contributed by atoms with van der Waals surface area (Å²) in [6, 6.07) is 16.5. The molecule has 6 nitrogen and oxygen atoms in total.